The third-order valence-corrected chi connectivity index (χ3v) is 4.40. The summed E-state index contributed by atoms with van der Waals surface area (Å²) in [6.45, 7) is 6.48. The van der Waals surface area contributed by atoms with Crippen molar-refractivity contribution in [3.8, 4) is 0 Å². The van der Waals surface area contributed by atoms with Gasteiger partial charge in [-0.05, 0) is 6.42 Å². The Hall–Kier alpha value is -0.370. The maximum absolute atomic E-state index is 12.1. The van der Waals surface area contributed by atoms with Crippen molar-refractivity contribution in [3.05, 3.63) is 0 Å². The van der Waals surface area contributed by atoms with Crippen molar-refractivity contribution < 1.29 is 9.59 Å². The number of nitrogens with zero attached hydrogens (tertiary/aromatic N) is 2. The lowest BCUT2D eigenvalue weighted by Crippen LogP contribution is -2.64. The van der Waals surface area contributed by atoms with Gasteiger partial charge in [-0.1, -0.05) is 13.8 Å². The normalized spacial score (nSPS) is 29.5. The van der Waals surface area contributed by atoms with E-state index in [0.717, 1.165) is 13.0 Å². The van der Waals surface area contributed by atoms with E-state index in [-0.39, 0.29) is 17.7 Å². The second-order valence-electron chi connectivity index (χ2n) is 5.06. The van der Waals surface area contributed by atoms with E-state index >= 15 is 0 Å². The average molecular weight is 351 g/mol. The highest BCUT2D eigenvalue weighted by atomic mass is 127. The minimum atomic E-state index is -0.524. The van der Waals surface area contributed by atoms with E-state index in [4.69, 9.17) is 0 Å². The third kappa shape index (κ3) is 2.29. The lowest BCUT2D eigenvalue weighted by Gasteiger charge is -2.40. The minimum Gasteiger partial charge on any atom is -0.339 e. The van der Waals surface area contributed by atoms with Crippen LogP contribution in [0.4, 0.5) is 0 Å². The van der Waals surface area contributed by atoms with E-state index in [1.54, 1.807) is 3.11 Å². The van der Waals surface area contributed by atoms with Crippen molar-refractivity contribution in [2.75, 3.05) is 26.2 Å². The highest BCUT2D eigenvalue weighted by Gasteiger charge is 2.49. The fraction of sp³-hybridized carbons (Fsp3) is 0.818. The van der Waals surface area contributed by atoms with Gasteiger partial charge in [0.2, 0.25) is 5.91 Å². The molecule has 2 fully saturated rings. The zero-order chi connectivity index (χ0) is 12.6. The molecule has 1 spiro atoms. The molecule has 2 aliphatic heterocycles. The van der Waals surface area contributed by atoms with Crippen molar-refractivity contribution in [3.63, 3.8) is 0 Å². The molecule has 1 atom stereocenters. The van der Waals surface area contributed by atoms with E-state index in [1.165, 1.54) is 0 Å². The van der Waals surface area contributed by atoms with Crippen molar-refractivity contribution in [2.45, 2.75) is 25.8 Å². The van der Waals surface area contributed by atoms with E-state index in [9.17, 15) is 9.59 Å². The van der Waals surface area contributed by atoms with Crippen LogP contribution in [0.2, 0.25) is 0 Å². The molecule has 0 aliphatic carbocycles. The summed E-state index contributed by atoms with van der Waals surface area (Å²) in [5.74, 6) is 0.252. The first-order valence-electron chi connectivity index (χ1n) is 5.98. The molecule has 0 aromatic heterocycles. The minimum absolute atomic E-state index is 0.00244. The molecule has 6 heteroatoms. The van der Waals surface area contributed by atoms with Crippen molar-refractivity contribution >= 4 is 34.7 Å². The van der Waals surface area contributed by atoms with E-state index in [0.29, 0.717) is 19.6 Å². The van der Waals surface area contributed by atoms with Crippen LogP contribution in [0.1, 0.15) is 20.3 Å². The molecule has 2 aliphatic rings. The summed E-state index contributed by atoms with van der Waals surface area (Å²) in [6.07, 6.45) is 0.788. The van der Waals surface area contributed by atoms with Crippen LogP contribution in [0, 0.1) is 5.92 Å². The summed E-state index contributed by atoms with van der Waals surface area (Å²) in [5.41, 5.74) is -0.524. The van der Waals surface area contributed by atoms with Gasteiger partial charge in [-0.25, -0.2) is 0 Å². The van der Waals surface area contributed by atoms with Gasteiger partial charge in [-0.2, -0.15) is 0 Å². The van der Waals surface area contributed by atoms with Crippen LogP contribution in [0.5, 0.6) is 0 Å². The maximum Gasteiger partial charge on any atom is 0.253 e. The zero-order valence-electron chi connectivity index (χ0n) is 10.2. The molecule has 1 unspecified atom stereocenters. The van der Waals surface area contributed by atoms with Crippen LogP contribution >= 0.6 is 22.9 Å². The second kappa shape index (κ2) is 4.72. The molecule has 0 saturated carbocycles. The first-order chi connectivity index (χ1) is 7.96. The topological polar surface area (TPSA) is 52.7 Å². The molecular weight excluding hydrogens is 333 g/mol. The smallest absolute Gasteiger partial charge is 0.253 e. The Morgan fingerprint density at radius 2 is 2.18 bits per heavy atom. The fourth-order valence-corrected chi connectivity index (χ4v) is 3.19. The number of rotatable bonds is 1. The number of piperazine rings is 1. The number of hydrogen-bond acceptors (Lipinski definition) is 3. The monoisotopic (exact) mass is 351 g/mol. The Morgan fingerprint density at radius 1 is 1.47 bits per heavy atom. The van der Waals surface area contributed by atoms with Gasteiger partial charge in [-0.15, -0.1) is 0 Å². The van der Waals surface area contributed by atoms with Crippen LogP contribution < -0.4 is 5.32 Å². The van der Waals surface area contributed by atoms with Gasteiger partial charge < -0.3 is 4.90 Å². The Bertz CT molecular complexity index is 344. The summed E-state index contributed by atoms with van der Waals surface area (Å²) < 4.78 is 1.72. The summed E-state index contributed by atoms with van der Waals surface area (Å²) in [5, 5.41) is 3.31. The van der Waals surface area contributed by atoms with Crippen LogP contribution in [0.3, 0.4) is 0 Å². The molecule has 2 heterocycles. The standard InChI is InChI=1S/C11H18IN3O2/c1-8(2)9(16)14-6-4-13-11(7-14)3-5-15(12)10(11)17/h8,13H,3-7H2,1-2H3. The van der Waals surface area contributed by atoms with Crippen molar-refractivity contribution in [1.29, 1.82) is 0 Å². The van der Waals surface area contributed by atoms with E-state index < -0.39 is 5.54 Å². The van der Waals surface area contributed by atoms with Gasteiger partial charge in [-0.3, -0.25) is 18.0 Å². The predicted octanol–water partition coefficient (Wildman–Crippen LogP) is 0.395. The van der Waals surface area contributed by atoms with Gasteiger partial charge in [0.15, 0.2) is 0 Å². The molecule has 2 saturated heterocycles. The zero-order valence-corrected chi connectivity index (χ0v) is 12.4. The van der Waals surface area contributed by atoms with Gasteiger partial charge in [0, 0.05) is 32.1 Å². The second-order valence-corrected chi connectivity index (χ2v) is 6.23. The van der Waals surface area contributed by atoms with Crippen LogP contribution in [0.25, 0.3) is 0 Å². The van der Waals surface area contributed by atoms with E-state index in [2.05, 4.69) is 5.32 Å². The summed E-state index contributed by atoms with van der Waals surface area (Å²) in [6, 6.07) is 0. The number of carbonyl (C=O) groups is 2. The maximum atomic E-state index is 12.1. The van der Waals surface area contributed by atoms with Crippen LogP contribution in [-0.4, -0.2) is 51.5 Å². The molecule has 17 heavy (non-hydrogen) atoms. The Morgan fingerprint density at radius 3 is 2.71 bits per heavy atom. The molecular formula is C11H18IN3O2. The Kier molecular flexibility index (Phi) is 3.63. The fourth-order valence-electron chi connectivity index (χ4n) is 2.48. The molecule has 2 rings (SSSR count). The highest BCUT2D eigenvalue weighted by Crippen LogP contribution is 2.28. The third-order valence-electron chi connectivity index (χ3n) is 3.48. The number of nitrogens with one attached hydrogen (secondary N) is 1. The lowest BCUT2D eigenvalue weighted by atomic mass is 9.94. The molecule has 0 bridgehead atoms. The molecule has 0 aromatic rings. The molecule has 0 aromatic carbocycles. The number of hydrogen-bond donors (Lipinski definition) is 1. The summed E-state index contributed by atoms with van der Waals surface area (Å²) >= 11 is 2.05. The molecule has 1 N–H and O–H groups in total. The van der Waals surface area contributed by atoms with Gasteiger partial charge in [0.1, 0.15) is 5.54 Å². The Labute approximate surface area is 115 Å². The quantitative estimate of drug-likeness (QED) is 0.550. The molecule has 96 valence electrons. The first kappa shape index (κ1) is 13.1. The predicted molar refractivity (Wildman–Crippen MR) is 72.5 cm³/mol. The molecule has 5 nitrogen and oxygen atoms in total. The molecule has 0 radical (unpaired) electrons. The van der Waals surface area contributed by atoms with Gasteiger partial charge in [0.25, 0.3) is 5.91 Å². The number of halogens is 1. The van der Waals surface area contributed by atoms with Gasteiger partial charge in [0.05, 0.1) is 22.9 Å². The van der Waals surface area contributed by atoms with E-state index in [1.807, 2.05) is 41.6 Å². The molecule has 2 amide bonds. The Balaban J connectivity index is 2.12. The lowest BCUT2D eigenvalue weighted by molar-refractivity contribution is -0.139. The van der Waals surface area contributed by atoms with Crippen LogP contribution in [0.15, 0.2) is 0 Å². The summed E-state index contributed by atoms with van der Waals surface area (Å²) in [7, 11) is 0. The largest absolute Gasteiger partial charge is 0.339 e. The number of amides is 2. The highest BCUT2D eigenvalue weighted by molar-refractivity contribution is 14.1. The average Bonchev–Trinajstić information content (AvgIpc) is 2.57. The van der Waals surface area contributed by atoms with Crippen molar-refractivity contribution in [1.82, 2.24) is 13.3 Å². The SMILES string of the molecule is CC(C)C(=O)N1CCNC2(CCN(I)C2=O)C1. The summed E-state index contributed by atoms with van der Waals surface area (Å²) in [4.78, 5) is 26.0. The van der Waals surface area contributed by atoms with Gasteiger partial charge >= 0.3 is 0 Å². The van der Waals surface area contributed by atoms with Crippen LogP contribution in [-0.2, 0) is 9.59 Å². The number of carbonyl (C=O) groups excluding carboxylic acids is 2. The van der Waals surface area contributed by atoms with Crippen molar-refractivity contribution in [2.24, 2.45) is 5.92 Å². The first-order valence-corrected chi connectivity index (χ1v) is 6.94.